The quantitative estimate of drug-likeness (QED) is 0.388. The molecule has 0 bridgehead atoms. The number of hydrogen-bond acceptors (Lipinski definition) is 8. The van der Waals surface area contributed by atoms with Gasteiger partial charge in [0.25, 0.3) is 10.1 Å². The van der Waals surface area contributed by atoms with Gasteiger partial charge in [0.05, 0.1) is 11.7 Å². The molecule has 2 rings (SSSR count). The monoisotopic (exact) mass is 418 g/mol. The minimum Gasteiger partial charge on any atom is -0.504 e. The van der Waals surface area contributed by atoms with Crippen LogP contribution in [0, 0.1) is 0 Å². The van der Waals surface area contributed by atoms with E-state index in [-0.39, 0.29) is 35.4 Å². The fraction of sp³-hybridized carbons (Fsp3) is 0.400. The van der Waals surface area contributed by atoms with Gasteiger partial charge in [-0.15, -0.1) is 10.2 Å². The number of carbonyl (C=O) groups excluding carboxylic acids is 1. The summed E-state index contributed by atoms with van der Waals surface area (Å²) in [4.78, 5) is 11.3. The van der Waals surface area contributed by atoms with Gasteiger partial charge in [-0.2, -0.15) is 8.42 Å². The van der Waals surface area contributed by atoms with Crippen LogP contribution in [0.3, 0.4) is 0 Å². The first-order valence-electron chi connectivity index (χ1n) is 7.87. The molecule has 1 heterocycles. The van der Waals surface area contributed by atoms with Crippen molar-refractivity contribution < 1.29 is 27.3 Å². The Morgan fingerprint density at radius 3 is 2.52 bits per heavy atom. The lowest BCUT2D eigenvalue weighted by Gasteiger charge is -2.11. The number of aromatic hydroxyl groups is 1. The van der Waals surface area contributed by atoms with Gasteiger partial charge in [0, 0.05) is 17.4 Å². The van der Waals surface area contributed by atoms with E-state index >= 15 is 0 Å². The van der Waals surface area contributed by atoms with Crippen molar-refractivity contribution in [1.82, 2.24) is 10.2 Å². The first-order chi connectivity index (χ1) is 12.5. The van der Waals surface area contributed by atoms with Gasteiger partial charge >= 0.3 is 0 Å². The smallest absolute Gasteiger partial charge is 0.298 e. The number of amides is 1. The van der Waals surface area contributed by atoms with E-state index in [2.05, 4.69) is 15.5 Å². The molecule has 1 amide bonds. The molecule has 0 aliphatic heterocycles. The number of nitrogens with one attached hydrogen (secondary N) is 1. The van der Waals surface area contributed by atoms with E-state index in [9.17, 15) is 18.3 Å². The fourth-order valence-electron chi connectivity index (χ4n) is 2.12. The molecule has 27 heavy (non-hydrogen) atoms. The van der Waals surface area contributed by atoms with Gasteiger partial charge in [-0.05, 0) is 18.6 Å². The Hall–Kier alpha value is -2.21. The number of nitrogens with zero attached hydrogens (tertiary/aromatic N) is 2. The van der Waals surface area contributed by atoms with Gasteiger partial charge in [-0.3, -0.25) is 9.35 Å². The van der Waals surface area contributed by atoms with Gasteiger partial charge in [-0.1, -0.05) is 25.4 Å². The van der Waals surface area contributed by atoms with Crippen LogP contribution in [0.25, 0.3) is 0 Å². The molecule has 0 saturated heterocycles. The molecule has 10 nitrogen and oxygen atoms in total. The number of nitrogens with two attached hydrogens (primary N) is 1. The summed E-state index contributed by atoms with van der Waals surface area (Å²) in [5.74, 6) is -0.701. The van der Waals surface area contributed by atoms with Crippen molar-refractivity contribution in [3.05, 3.63) is 28.9 Å². The fourth-order valence-corrected chi connectivity index (χ4v) is 3.03. The van der Waals surface area contributed by atoms with Crippen LogP contribution in [0.4, 0.5) is 5.69 Å². The first-order valence-corrected chi connectivity index (χ1v) is 9.69. The van der Waals surface area contributed by atoms with Crippen molar-refractivity contribution >= 4 is 33.3 Å². The molecule has 1 atom stereocenters. The van der Waals surface area contributed by atoms with E-state index < -0.39 is 32.7 Å². The zero-order valence-electron chi connectivity index (χ0n) is 14.5. The molecule has 0 saturated carbocycles. The number of halogens is 1. The highest BCUT2D eigenvalue weighted by molar-refractivity contribution is 7.86. The van der Waals surface area contributed by atoms with Crippen LogP contribution in [-0.2, 0) is 14.9 Å². The standard InChI is InChI=1S/C15H19ClN4O6S/c1-7(2)14-19-20-15(26-14)9(17)3-4-12(21)18-10-5-8(16)6-11(13(10)22)27(23,24)25/h5-7,9,22H,3-4,17H2,1-2H3,(H,18,21)(H,23,24,25)/t9-/m0/s1. The summed E-state index contributed by atoms with van der Waals surface area (Å²) in [7, 11) is -4.71. The van der Waals surface area contributed by atoms with Crippen molar-refractivity contribution in [2.24, 2.45) is 5.73 Å². The third-order valence-electron chi connectivity index (χ3n) is 3.54. The minimum absolute atomic E-state index is 0.0459. The zero-order chi connectivity index (χ0) is 20.4. The van der Waals surface area contributed by atoms with E-state index in [1.165, 1.54) is 0 Å². The Morgan fingerprint density at radius 1 is 1.33 bits per heavy atom. The zero-order valence-corrected chi connectivity index (χ0v) is 16.1. The predicted octanol–water partition coefficient (Wildman–Crippen LogP) is 2.22. The number of hydrogen-bond donors (Lipinski definition) is 4. The van der Waals surface area contributed by atoms with E-state index in [4.69, 9.17) is 26.3 Å². The maximum Gasteiger partial charge on any atom is 0.298 e. The van der Waals surface area contributed by atoms with Crippen LogP contribution in [0.5, 0.6) is 5.75 Å². The molecular formula is C15H19ClN4O6S. The lowest BCUT2D eigenvalue weighted by molar-refractivity contribution is -0.116. The van der Waals surface area contributed by atoms with Crippen LogP contribution in [-0.4, -0.2) is 34.2 Å². The second-order valence-electron chi connectivity index (χ2n) is 6.10. The number of carbonyl (C=O) groups is 1. The lowest BCUT2D eigenvalue weighted by atomic mass is 10.1. The SMILES string of the molecule is CC(C)c1nnc([C@@H](N)CCC(=O)Nc2cc(Cl)cc(S(=O)(=O)O)c2O)o1. The van der Waals surface area contributed by atoms with Gasteiger partial charge in [0.2, 0.25) is 17.7 Å². The minimum atomic E-state index is -4.71. The average Bonchev–Trinajstić information content (AvgIpc) is 3.05. The van der Waals surface area contributed by atoms with E-state index in [0.717, 1.165) is 12.1 Å². The second kappa shape index (κ2) is 8.21. The Balaban J connectivity index is 2.04. The Labute approximate surface area is 160 Å². The molecular weight excluding hydrogens is 400 g/mol. The highest BCUT2D eigenvalue weighted by Gasteiger charge is 2.22. The summed E-state index contributed by atoms with van der Waals surface area (Å²) in [6, 6.07) is 1.34. The summed E-state index contributed by atoms with van der Waals surface area (Å²) in [6.07, 6.45) is 0.0891. The summed E-state index contributed by atoms with van der Waals surface area (Å²) in [6.45, 7) is 3.77. The van der Waals surface area contributed by atoms with E-state index in [0.29, 0.717) is 5.89 Å². The van der Waals surface area contributed by atoms with Crippen LogP contribution in [0.15, 0.2) is 21.4 Å². The van der Waals surface area contributed by atoms with Crippen molar-refractivity contribution in [3.63, 3.8) is 0 Å². The third kappa shape index (κ3) is 5.39. The van der Waals surface area contributed by atoms with E-state index in [1.807, 2.05) is 13.8 Å². The van der Waals surface area contributed by atoms with Crippen LogP contribution in [0.2, 0.25) is 5.02 Å². The van der Waals surface area contributed by atoms with Gasteiger partial charge in [0.15, 0.2) is 5.75 Å². The number of phenolic OH excluding ortho intramolecular Hbond substituents is 1. The molecule has 2 aromatic rings. The van der Waals surface area contributed by atoms with Gasteiger partial charge in [-0.25, -0.2) is 0 Å². The van der Waals surface area contributed by atoms with Crippen molar-refractivity contribution in [2.75, 3.05) is 5.32 Å². The number of phenols is 1. The van der Waals surface area contributed by atoms with Gasteiger partial charge in [0.1, 0.15) is 4.90 Å². The first kappa shape index (κ1) is 21.1. The van der Waals surface area contributed by atoms with Crippen LogP contribution < -0.4 is 11.1 Å². The lowest BCUT2D eigenvalue weighted by Crippen LogP contribution is -2.17. The molecule has 12 heteroatoms. The van der Waals surface area contributed by atoms with Crippen molar-refractivity contribution in [1.29, 1.82) is 0 Å². The molecule has 1 aromatic carbocycles. The van der Waals surface area contributed by atoms with Crippen molar-refractivity contribution in [2.45, 2.75) is 43.5 Å². The molecule has 1 aromatic heterocycles. The Kier molecular flexibility index (Phi) is 6.42. The Bertz CT molecular complexity index is 944. The molecule has 0 spiro atoms. The van der Waals surface area contributed by atoms with Crippen LogP contribution >= 0.6 is 11.6 Å². The van der Waals surface area contributed by atoms with Crippen molar-refractivity contribution in [3.8, 4) is 5.75 Å². The largest absolute Gasteiger partial charge is 0.504 e. The molecule has 0 aliphatic rings. The third-order valence-corrected chi connectivity index (χ3v) is 4.63. The van der Waals surface area contributed by atoms with Crippen LogP contribution in [0.1, 0.15) is 50.4 Å². The second-order valence-corrected chi connectivity index (χ2v) is 7.93. The molecule has 0 aliphatic carbocycles. The molecule has 0 fully saturated rings. The summed E-state index contributed by atoms with van der Waals surface area (Å²) < 4.78 is 37.0. The maximum absolute atomic E-state index is 12.1. The number of benzene rings is 1. The normalized spacial score (nSPS) is 13.0. The number of anilines is 1. The average molecular weight is 419 g/mol. The highest BCUT2D eigenvalue weighted by Crippen LogP contribution is 2.34. The topological polar surface area (TPSA) is 169 Å². The summed E-state index contributed by atoms with van der Waals surface area (Å²) >= 11 is 5.76. The summed E-state index contributed by atoms with van der Waals surface area (Å²) in [5, 5.41) is 19.9. The Morgan fingerprint density at radius 2 is 1.96 bits per heavy atom. The predicted molar refractivity (Wildman–Crippen MR) is 96.1 cm³/mol. The molecule has 5 N–H and O–H groups in total. The molecule has 0 unspecified atom stereocenters. The number of rotatable bonds is 7. The molecule has 0 radical (unpaired) electrons. The highest BCUT2D eigenvalue weighted by atomic mass is 35.5. The van der Waals surface area contributed by atoms with E-state index in [1.54, 1.807) is 0 Å². The summed E-state index contributed by atoms with van der Waals surface area (Å²) in [5.41, 5.74) is 5.67. The van der Waals surface area contributed by atoms with Gasteiger partial charge < -0.3 is 20.6 Å². The number of aromatic nitrogens is 2. The molecule has 148 valence electrons. The maximum atomic E-state index is 12.1.